The molecule has 0 amide bonds. The summed E-state index contributed by atoms with van der Waals surface area (Å²) in [4.78, 5) is 24.3. The zero-order valence-electron chi connectivity index (χ0n) is 16.5. The molecule has 28 heavy (non-hydrogen) atoms. The first-order valence-electron chi connectivity index (χ1n) is 9.35. The highest BCUT2D eigenvalue weighted by Gasteiger charge is 2.14. The average molecular weight is 398 g/mol. The smallest absolute Gasteiger partial charge is 0.178 e. The maximum Gasteiger partial charge on any atom is 0.178 e. The van der Waals surface area contributed by atoms with Gasteiger partial charge in [0.15, 0.2) is 5.65 Å². The van der Waals surface area contributed by atoms with E-state index in [-0.39, 0.29) is 0 Å². The van der Waals surface area contributed by atoms with E-state index in [0.29, 0.717) is 5.65 Å². The second kappa shape index (κ2) is 8.93. The third-order valence-electron chi connectivity index (χ3n) is 4.13. The zero-order valence-corrected chi connectivity index (χ0v) is 17.3. The molecule has 0 atom stereocenters. The van der Waals surface area contributed by atoms with E-state index in [1.165, 1.54) is 0 Å². The molecule has 7 nitrogen and oxygen atoms in total. The molecule has 4 heterocycles. The number of anilines is 1. The Kier molecular flexibility index (Phi) is 6.36. The van der Waals surface area contributed by atoms with Gasteiger partial charge in [-0.05, 0) is 38.3 Å². The Bertz CT molecular complexity index is 1090. The molecule has 0 spiro atoms. The van der Waals surface area contributed by atoms with Crippen LogP contribution in [0.25, 0.3) is 22.2 Å². The SMILES string of the molecule is CCCNc1nc(C)nc2[nH]c(CC)c(Cl)c12.Cc1cnc2nccnc2c1. The molecule has 4 aromatic heterocycles. The Morgan fingerprint density at radius 1 is 1.07 bits per heavy atom. The van der Waals surface area contributed by atoms with Gasteiger partial charge in [-0.2, -0.15) is 0 Å². The predicted molar refractivity (Wildman–Crippen MR) is 114 cm³/mol. The van der Waals surface area contributed by atoms with Crippen molar-refractivity contribution in [3.63, 3.8) is 0 Å². The fourth-order valence-electron chi connectivity index (χ4n) is 2.79. The van der Waals surface area contributed by atoms with Crippen molar-refractivity contribution in [2.24, 2.45) is 0 Å². The van der Waals surface area contributed by atoms with E-state index < -0.39 is 0 Å². The largest absolute Gasteiger partial charge is 0.369 e. The lowest BCUT2D eigenvalue weighted by Crippen LogP contribution is -2.04. The summed E-state index contributed by atoms with van der Waals surface area (Å²) in [5.74, 6) is 1.58. The third-order valence-corrected chi connectivity index (χ3v) is 4.55. The van der Waals surface area contributed by atoms with Crippen molar-refractivity contribution in [1.29, 1.82) is 0 Å². The Morgan fingerprint density at radius 2 is 1.86 bits per heavy atom. The third kappa shape index (κ3) is 4.36. The Hall–Kier alpha value is -2.80. The molecule has 0 aromatic carbocycles. The van der Waals surface area contributed by atoms with Crippen molar-refractivity contribution in [1.82, 2.24) is 29.9 Å². The number of aromatic amines is 1. The number of hydrogen-bond acceptors (Lipinski definition) is 6. The van der Waals surface area contributed by atoms with Gasteiger partial charge in [0.25, 0.3) is 0 Å². The summed E-state index contributed by atoms with van der Waals surface area (Å²) < 4.78 is 0. The molecule has 4 rings (SSSR count). The van der Waals surface area contributed by atoms with Crippen LogP contribution >= 0.6 is 11.6 Å². The molecule has 0 aliphatic rings. The molecule has 0 bridgehead atoms. The number of halogens is 1. The lowest BCUT2D eigenvalue weighted by Gasteiger charge is -2.06. The zero-order chi connectivity index (χ0) is 20.1. The van der Waals surface area contributed by atoms with Crippen LogP contribution in [0.2, 0.25) is 5.02 Å². The molecule has 0 fully saturated rings. The number of fused-ring (bicyclic) bond motifs is 2. The van der Waals surface area contributed by atoms with Gasteiger partial charge in [0.2, 0.25) is 0 Å². The first-order valence-corrected chi connectivity index (χ1v) is 9.73. The fourth-order valence-corrected chi connectivity index (χ4v) is 3.15. The van der Waals surface area contributed by atoms with Gasteiger partial charge in [0, 0.05) is 30.8 Å². The Morgan fingerprint density at radius 3 is 2.61 bits per heavy atom. The molecule has 2 N–H and O–H groups in total. The van der Waals surface area contributed by atoms with Gasteiger partial charge in [-0.3, -0.25) is 4.98 Å². The van der Waals surface area contributed by atoms with Crippen LogP contribution in [0.4, 0.5) is 5.82 Å². The number of H-pyrrole nitrogens is 1. The van der Waals surface area contributed by atoms with E-state index in [4.69, 9.17) is 11.6 Å². The summed E-state index contributed by atoms with van der Waals surface area (Å²) in [5, 5.41) is 4.94. The average Bonchev–Trinajstić information content (AvgIpc) is 3.02. The van der Waals surface area contributed by atoms with Crippen LogP contribution < -0.4 is 5.32 Å². The monoisotopic (exact) mass is 397 g/mol. The van der Waals surface area contributed by atoms with Crippen molar-refractivity contribution in [2.45, 2.75) is 40.5 Å². The van der Waals surface area contributed by atoms with Gasteiger partial charge in [-0.15, -0.1) is 0 Å². The van der Waals surface area contributed by atoms with E-state index in [1.54, 1.807) is 18.6 Å². The fraction of sp³-hybridized carbons (Fsp3) is 0.350. The highest BCUT2D eigenvalue weighted by Crippen LogP contribution is 2.31. The van der Waals surface area contributed by atoms with Crippen molar-refractivity contribution in [3.05, 3.63) is 46.8 Å². The molecule has 0 unspecified atom stereocenters. The van der Waals surface area contributed by atoms with Crippen molar-refractivity contribution < 1.29 is 0 Å². The van der Waals surface area contributed by atoms with Crippen LogP contribution in [0, 0.1) is 13.8 Å². The summed E-state index contributed by atoms with van der Waals surface area (Å²) in [6.07, 6.45) is 7.01. The molecule has 146 valence electrons. The van der Waals surface area contributed by atoms with Gasteiger partial charge in [-0.25, -0.2) is 19.9 Å². The van der Waals surface area contributed by atoms with Crippen molar-refractivity contribution in [3.8, 4) is 0 Å². The number of nitrogens with zero attached hydrogens (tertiary/aromatic N) is 5. The number of nitrogens with one attached hydrogen (secondary N) is 2. The summed E-state index contributed by atoms with van der Waals surface area (Å²) >= 11 is 6.34. The van der Waals surface area contributed by atoms with Crippen molar-refractivity contribution in [2.75, 3.05) is 11.9 Å². The van der Waals surface area contributed by atoms with Gasteiger partial charge < -0.3 is 10.3 Å². The molecule has 0 aliphatic heterocycles. The standard InChI is InChI=1S/C12H17ClN4.C8H7N3/c1-4-6-14-11-9-10(13)8(5-2)17-12(9)16-7(3)15-11;1-6-4-7-8(11-5-6)10-3-2-9-7/h4-6H2,1-3H3,(H2,14,15,16,17);2-5H,1H3. The van der Waals surface area contributed by atoms with Crippen LogP contribution in [-0.2, 0) is 6.42 Å². The normalized spacial score (nSPS) is 10.8. The van der Waals surface area contributed by atoms with Crippen LogP contribution in [0.15, 0.2) is 24.7 Å². The molecule has 0 saturated heterocycles. The molecule has 0 aliphatic carbocycles. The highest BCUT2D eigenvalue weighted by molar-refractivity contribution is 6.37. The van der Waals surface area contributed by atoms with Crippen molar-refractivity contribution >= 4 is 39.6 Å². The second-order valence-electron chi connectivity index (χ2n) is 6.45. The first-order chi connectivity index (χ1) is 13.5. The maximum atomic E-state index is 6.34. The second-order valence-corrected chi connectivity index (χ2v) is 6.83. The quantitative estimate of drug-likeness (QED) is 0.521. The number of hydrogen-bond donors (Lipinski definition) is 2. The summed E-state index contributed by atoms with van der Waals surface area (Å²) in [5.41, 5.74) is 4.50. The lowest BCUT2D eigenvalue weighted by molar-refractivity contribution is 0.961. The molecule has 8 heteroatoms. The number of aryl methyl sites for hydroxylation is 3. The maximum absolute atomic E-state index is 6.34. The van der Waals surface area contributed by atoms with E-state index in [9.17, 15) is 0 Å². The van der Waals surface area contributed by atoms with Gasteiger partial charge in [-0.1, -0.05) is 25.4 Å². The van der Waals surface area contributed by atoms with E-state index in [0.717, 1.165) is 63.9 Å². The van der Waals surface area contributed by atoms with Crippen LogP contribution in [0.3, 0.4) is 0 Å². The minimum Gasteiger partial charge on any atom is -0.369 e. The summed E-state index contributed by atoms with van der Waals surface area (Å²) in [7, 11) is 0. The Balaban J connectivity index is 0.000000176. The van der Waals surface area contributed by atoms with Crippen LogP contribution in [0.5, 0.6) is 0 Å². The summed E-state index contributed by atoms with van der Waals surface area (Å²) in [6, 6.07) is 1.97. The van der Waals surface area contributed by atoms with Gasteiger partial charge in [0.05, 0.1) is 10.4 Å². The van der Waals surface area contributed by atoms with Crippen LogP contribution in [0.1, 0.15) is 37.4 Å². The lowest BCUT2D eigenvalue weighted by atomic mass is 10.3. The first kappa shape index (κ1) is 19.9. The Labute approximate surface area is 169 Å². The highest BCUT2D eigenvalue weighted by atomic mass is 35.5. The molecule has 0 saturated carbocycles. The van der Waals surface area contributed by atoms with Gasteiger partial charge in [0.1, 0.15) is 22.8 Å². The predicted octanol–water partition coefficient (Wildman–Crippen LogP) is 4.64. The van der Waals surface area contributed by atoms with E-state index in [2.05, 4.69) is 49.1 Å². The van der Waals surface area contributed by atoms with E-state index >= 15 is 0 Å². The van der Waals surface area contributed by atoms with E-state index in [1.807, 2.05) is 19.9 Å². The minimum atomic E-state index is 0.707. The molecular formula is C20H24ClN7. The minimum absolute atomic E-state index is 0.707. The number of rotatable bonds is 4. The molecular weight excluding hydrogens is 374 g/mol. The van der Waals surface area contributed by atoms with Gasteiger partial charge >= 0.3 is 0 Å². The number of aromatic nitrogens is 6. The topological polar surface area (TPSA) is 92.3 Å². The van der Waals surface area contributed by atoms with Crippen LogP contribution in [-0.4, -0.2) is 36.4 Å². The molecule has 4 aromatic rings. The number of pyridine rings is 1. The summed E-state index contributed by atoms with van der Waals surface area (Å²) in [6.45, 7) is 8.94. The molecule has 0 radical (unpaired) electrons.